The summed E-state index contributed by atoms with van der Waals surface area (Å²) < 4.78 is 9.92. The van der Waals surface area contributed by atoms with Gasteiger partial charge in [-0.15, -0.1) is 5.10 Å². The zero-order valence-electron chi connectivity index (χ0n) is 17.4. The van der Waals surface area contributed by atoms with Crippen LogP contribution in [0.5, 0.6) is 0 Å². The molecule has 3 heterocycles. The zero-order valence-corrected chi connectivity index (χ0v) is 18.3. The van der Waals surface area contributed by atoms with Crippen LogP contribution < -0.4 is 0 Å². The summed E-state index contributed by atoms with van der Waals surface area (Å²) in [7, 11) is 0. The predicted octanol–water partition coefficient (Wildman–Crippen LogP) is 3.46. The number of hydrogen-bond donors (Lipinski definition) is 0. The number of ether oxygens (including phenoxy) is 1. The van der Waals surface area contributed by atoms with E-state index in [2.05, 4.69) is 50.9 Å². The minimum atomic E-state index is -0.130. The van der Waals surface area contributed by atoms with Crippen LogP contribution in [-0.2, 0) is 22.6 Å². The van der Waals surface area contributed by atoms with Crippen LogP contribution in [0.3, 0.4) is 0 Å². The van der Waals surface area contributed by atoms with Crippen molar-refractivity contribution in [2.45, 2.75) is 19.5 Å². The van der Waals surface area contributed by atoms with E-state index < -0.39 is 0 Å². The molecule has 2 saturated heterocycles. The van der Waals surface area contributed by atoms with Crippen LogP contribution >= 0.6 is 11.5 Å². The molecule has 0 aliphatic carbocycles. The Bertz CT molecular complexity index is 1010. The Morgan fingerprint density at radius 1 is 1.00 bits per heavy atom. The molecule has 0 radical (unpaired) electrons. The number of nitrogens with zero attached hydrogens (tertiary/aromatic N) is 4. The van der Waals surface area contributed by atoms with Crippen LogP contribution in [0.2, 0.25) is 0 Å². The lowest BCUT2D eigenvalue weighted by Gasteiger charge is -2.31. The van der Waals surface area contributed by atoms with E-state index in [4.69, 9.17) is 4.74 Å². The number of aromatic nitrogens is 2. The topological polar surface area (TPSA) is 58.6 Å². The van der Waals surface area contributed by atoms with E-state index in [0.29, 0.717) is 26.2 Å². The Morgan fingerprint density at radius 3 is 2.58 bits per heavy atom. The molecular weight excluding hydrogens is 408 g/mol. The Hall–Kier alpha value is -2.61. The average Bonchev–Trinajstić information content (AvgIpc) is 3.36. The number of amides is 1. The second kappa shape index (κ2) is 8.86. The minimum Gasteiger partial charge on any atom is -0.379 e. The number of benzene rings is 2. The Labute approximate surface area is 186 Å². The molecule has 160 valence electrons. The van der Waals surface area contributed by atoms with E-state index in [1.807, 2.05) is 28.5 Å². The van der Waals surface area contributed by atoms with Gasteiger partial charge in [-0.1, -0.05) is 59.1 Å². The second-order valence-electron chi connectivity index (χ2n) is 8.66. The minimum absolute atomic E-state index is 0.130. The van der Waals surface area contributed by atoms with Gasteiger partial charge in [0.15, 0.2) is 0 Å². The van der Waals surface area contributed by atoms with Gasteiger partial charge in [0.1, 0.15) is 5.69 Å². The molecule has 5 rings (SSSR count). The molecule has 2 aliphatic rings. The number of likely N-dealkylation sites (tertiary alicyclic amines) is 1. The van der Waals surface area contributed by atoms with Crippen molar-refractivity contribution in [3.05, 3.63) is 71.1 Å². The normalized spacial score (nSPS) is 22.2. The molecule has 7 heteroatoms. The van der Waals surface area contributed by atoms with Gasteiger partial charge in [0, 0.05) is 55.5 Å². The molecule has 2 aromatic carbocycles. The largest absolute Gasteiger partial charge is 0.379 e. The van der Waals surface area contributed by atoms with Crippen LogP contribution in [-0.4, -0.2) is 58.1 Å². The van der Waals surface area contributed by atoms with Crippen LogP contribution in [0.15, 0.2) is 60.0 Å². The van der Waals surface area contributed by atoms with Crippen LogP contribution in [0.4, 0.5) is 0 Å². The number of carbonyl (C=O) groups is 1. The highest BCUT2D eigenvalue weighted by Crippen LogP contribution is 2.35. The lowest BCUT2D eigenvalue weighted by Crippen LogP contribution is -2.40. The summed E-state index contributed by atoms with van der Waals surface area (Å²) in [5.74, 6) is 0.232. The van der Waals surface area contributed by atoms with Gasteiger partial charge in [0.2, 0.25) is 5.91 Å². The van der Waals surface area contributed by atoms with E-state index in [1.165, 1.54) is 22.7 Å². The highest BCUT2D eigenvalue weighted by atomic mass is 32.1. The van der Waals surface area contributed by atoms with Gasteiger partial charge in [-0.3, -0.25) is 9.69 Å². The quantitative estimate of drug-likeness (QED) is 0.616. The van der Waals surface area contributed by atoms with Crippen LogP contribution in [0, 0.1) is 5.41 Å². The number of rotatable bonds is 5. The van der Waals surface area contributed by atoms with Crippen molar-refractivity contribution in [2.24, 2.45) is 5.41 Å². The monoisotopic (exact) mass is 434 g/mol. The molecule has 1 spiro atoms. The third kappa shape index (κ3) is 4.69. The predicted molar refractivity (Wildman–Crippen MR) is 120 cm³/mol. The van der Waals surface area contributed by atoms with Gasteiger partial charge < -0.3 is 9.64 Å². The average molecular weight is 435 g/mol. The maximum Gasteiger partial charge on any atom is 0.223 e. The van der Waals surface area contributed by atoms with E-state index in [1.54, 1.807) is 0 Å². The van der Waals surface area contributed by atoms with Crippen LogP contribution in [0.25, 0.3) is 11.3 Å². The molecule has 2 aliphatic heterocycles. The first-order chi connectivity index (χ1) is 15.2. The molecule has 0 bridgehead atoms. The van der Waals surface area contributed by atoms with Gasteiger partial charge >= 0.3 is 0 Å². The van der Waals surface area contributed by atoms with Crippen molar-refractivity contribution in [3.8, 4) is 11.3 Å². The standard InChI is InChI=1S/C24H26N4O2S/c29-23-12-24(17-28(23)14-19-4-2-1-3-5-19)16-27(10-11-30-18-24)13-20-6-8-21(9-7-20)22-15-31-26-25-22/h1-9,15H,10-14,16-18H2. The maximum absolute atomic E-state index is 12.8. The molecule has 31 heavy (non-hydrogen) atoms. The maximum atomic E-state index is 12.8. The first kappa shape index (κ1) is 20.3. The summed E-state index contributed by atoms with van der Waals surface area (Å²) in [5, 5.41) is 6.10. The van der Waals surface area contributed by atoms with Crippen molar-refractivity contribution in [3.63, 3.8) is 0 Å². The zero-order chi connectivity index (χ0) is 21.1. The molecule has 1 aromatic heterocycles. The first-order valence-corrected chi connectivity index (χ1v) is 11.5. The van der Waals surface area contributed by atoms with Crippen molar-refractivity contribution >= 4 is 17.4 Å². The van der Waals surface area contributed by atoms with Gasteiger partial charge in [0.25, 0.3) is 0 Å². The Morgan fingerprint density at radius 2 is 1.81 bits per heavy atom. The Kier molecular flexibility index (Phi) is 5.80. The van der Waals surface area contributed by atoms with E-state index >= 15 is 0 Å². The summed E-state index contributed by atoms with van der Waals surface area (Å²) in [4.78, 5) is 17.3. The van der Waals surface area contributed by atoms with Crippen LogP contribution in [0.1, 0.15) is 17.5 Å². The molecule has 0 N–H and O–H groups in total. The van der Waals surface area contributed by atoms with Gasteiger partial charge in [-0.2, -0.15) is 0 Å². The summed E-state index contributed by atoms with van der Waals surface area (Å²) >= 11 is 1.37. The number of hydrogen-bond acceptors (Lipinski definition) is 6. The summed E-state index contributed by atoms with van der Waals surface area (Å²) in [6.45, 7) is 5.40. The lowest BCUT2D eigenvalue weighted by molar-refractivity contribution is -0.128. The number of carbonyl (C=O) groups excluding carboxylic acids is 1. The van der Waals surface area contributed by atoms with Gasteiger partial charge in [0.05, 0.1) is 13.2 Å². The summed E-state index contributed by atoms with van der Waals surface area (Å²) in [6, 6.07) is 18.8. The van der Waals surface area contributed by atoms with Crippen molar-refractivity contribution in [1.29, 1.82) is 0 Å². The third-order valence-electron chi connectivity index (χ3n) is 6.16. The fourth-order valence-electron chi connectivity index (χ4n) is 4.68. The highest BCUT2D eigenvalue weighted by Gasteiger charge is 2.45. The van der Waals surface area contributed by atoms with Crippen molar-refractivity contribution in [2.75, 3.05) is 32.8 Å². The summed E-state index contributed by atoms with van der Waals surface area (Å²) in [6.07, 6.45) is 0.562. The molecule has 1 unspecified atom stereocenters. The first-order valence-electron chi connectivity index (χ1n) is 10.7. The van der Waals surface area contributed by atoms with Gasteiger partial charge in [-0.25, -0.2) is 0 Å². The molecule has 1 amide bonds. The fraction of sp³-hybridized carbons (Fsp3) is 0.375. The molecule has 6 nitrogen and oxygen atoms in total. The second-order valence-corrected chi connectivity index (χ2v) is 9.27. The van der Waals surface area contributed by atoms with E-state index in [9.17, 15) is 4.79 Å². The van der Waals surface area contributed by atoms with Crippen molar-refractivity contribution in [1.82, 2.24) is 19.4 Å². The van der Waals surface area contributed by atoms with Gasteiger partial charge in [-0.05, 0) is 22.7 Å². The molecular formula is C24H26N4O2S. The summed E-state index contributed by atoms with van der Waals surface area (Å²) in [5.41, 5.74) is 4.31. The SMILES string of the molecule is O=C1CC2(COCCN(Cc3ccc(-c4csnn4)cc3)C2)CN1Cc1ccccc1. The molecule has 1 atom stereocenters. The molecule has 0 saturated carbocycles. The fourth-order valence-corrected chi connectivity index (χ4v) is 5.14. The van der Waals surface area contributed by atoms with E-state index in [-0.39, 0.29) is 11.3 Å². The van der Waals surface area contributed by atoms with Crippen molar-refractivity contribution < 1.29 is 9.53 Å². The molecule has 2 fully saturated rings. The third-order valence-corrected chi connectivity index (χ3v) is 6.66. The highest BCUT2D eigenvalue weighted by molar-refractivity contribution is 7.03. The molecule has 3 aromatic rings. The van der Waals surface area contributed by atoms with E-state index in [0.717, 1.165) is 37.4 Å². The Balaban J connectivity index is 1.26. The smallest absolute Gasteiger partial charge is 0.223 e. The lowest BCUT2D eigenvalue weighted by atomic mass is 9.87.